The predicted octanol–water partition coefficient (Wildman–Crippen LogP) is 1.81. The van der Waals surface area contributed by atoms with Crippen LogP contribution in [0.3, 0.4) is 0 Å². The minimum atomic E-state index is -0.277. The third-order valence-electron chi connectivity index (χ3n) is 3.04. The van der Waals surface area contributed by atoms with Crippen LogP contribution in [0.5, 0.6) is 5.75 Å². The Balaban J connectivity index is 2.07. The zero-order chi connectivity index (χ0) is 11.4. The van der Waals surface area contributed by atoms with Crippen molar-refractivity contribution in [3.63, 3.8) is 0 Å². The summed E-state index contributed by atoms with van der Waals surface area (Å²) in [5.74, 6) is 1.44. The lowest BCUT2D eigenvalue weighted by atomic mass is 9.92. The van der Waals surface area contributed by atoms with Gasteiger partial charge in [0.2, 0.25) is 0 Å². The molecule has 4 heteroatoms. The number of nitrogens with one attached hydrogen (secondary N) is 1. The first kappa shape index (κ1) is 11.2. The molecule has 16 heavy (non-hydrogen) atoms. The van der Waals surface area contributed by atoms with E-state index in [1.54, 1.807) is 13.3 Å². The molecule has 2 unspecified atom stereocenters. The highest BCUT2D eigenvalue weighted by Crippen LogP contribution is 2.26. The first-order chi connectivity index (χ1) is 7.81. The van der Waals surface area contributed by atoms with Gasteiger partial charge in [-0.25, -0.2) is 4.98 Å². The van der Waals surface area contributed by atoms with Gasteiger partial charge in [0.1, 0.15) is 0 Å². The minimum Gasteiger partial charge on any atom is -0.493 e. The zero-order valence-electron chi connectivity index (χ0n) is 9.52. The van der Waals surface area contributed by atoms with Crippen LogP contribution in [0.4, 0.5) is 5.82 Å². The van der Waals surface area contributed by atoms with E-state index in [0.717, 1.165) is 37.3 Å². The van der Waals surface area contributed by atoms with Crippen LogP contribution in [0.25, 0.3) is 0 Å². The average Bonchev–Trinajstić information content (AvgIpc) is 2.33. The normalized spacial score (nSPS) is 25.1. The van der Waals surface area contributed by atoms with Gasteiger partial charge in [-0.2, -0.15) is 0 Å². The van der Waals surface area contributed by atoms with Crippen molar-refractivity contribution in [2.75, 3.05) is 12.4 Å². The summed E-state index contributed by atoms with van der Waals surface area (Å²) in [6, 6.07) is 3.80. The molecule has 2 atom stereocenters. The highest BCUT2D eigenvalue weighted by atomic mass is 16.5. The summed E-state index contributed by atoms with van der Waals surface area (Å²) in [4.78, 5) is 4.23. The van der Waals surface area contributed by atoms with E-state index in [1.807, 2.05) is 12.1 Å². The Hall–Kier alpha value is -1.29. The summed E-state index contributed by atoms with van der Waals surface area (Å²) in [6.45, 7) is 0. The summed E-state index contributed by atoms with van der Waals surface area (Å²) in [6.07, 6.45) is 5.57. The largest absolute Gasteiger partial charge is 0.493 e. The number of pyridine rings is 1. The Morgan fingerprint density at radius 1 is 1.44 bits per heavy atom. The van der Waals surface area contributed by atoms with Gasteiger partial charge in [0.15, 0.2) is 11.6 Å². The second kappa shape index (κ2) is 5.16. The Labute approximate surface area is 95.7 Å². The molecule has 2 N–H and O–H groups in total. The summed E-state index contributed by atoms with van der Waals surface area (Å²) < 4.78 is 5.22. The molecule has 4 nitrogen and oxygen atoms in total. The molecular weight excluding hydrogens is 204 g/mol. The molecule has 0 saturated heterocycles. The number of methoxy groups -OCH3 is 1. The Morgan fingerprint density at radius 3 is 3.00 bits per heavy atom. The van der Waals surface area contributed by atoms with Crippen LogP contribution in [-0.4, -0.2) is 29.3 Å². The molecule has 1 saturated carbocycles. The van der Waals surface area contributed by atoms with E-state index in [2.05, 4.69) is 10.3 Å². The van der Waals surface area contributed by atoms with E-state index in [0.29, 0.717) is 0 Å². The number of anilines is 1. The van der Waals surface area contributed by atoms with Gasteiger partial charge < -0.3 is 15.2 Å². The number of aliphatic hydroxyl groups is 1. The molecule has 2 rings (SSSR count). The van der Waals surface area contributed by atoms with Gasteiger partial charge >= 0.3 is 0 Å². The molecule has 1 aromatic rings. The SMILES string of the molecule is COc1cccnc1NC1CCCCC1O. The maximum absolute atomic E-state index is 9.86. The fraction of sp³-hybridized carbons (Fsp3) is 0.583. The fourth-order valence-corrected chi connectivity index (χ4v) is 2.12. The van der Waals surface area contributed by atoms with Crippen molar-refractivity contribution < 1.29 is 9.84 Å². The molecule has 1 aliphatic carbocycles. The maximum atomic E-state index is 9.86. The first-order valence-corrected chi connectivity index (χ1v) is 5.75. The lowest BCUT2D eigenvalue weighted by Gasteiger charge is -2.29. The number of aliphatic hydroxyl groups excluding tert-OH is 1. The quantitative estimate of drug-likeness (QED) is 0.819. The Bertz CT molecular complexity index is 344. The summed E-state index contributed by atoms with van der Waals surface area (Å²) >= 11 is 0. The van der Waals surface area contributed by atoms with Crippen LogP contribution in [0.15, 0.2) is 18.3 Å². The molecule has 1 heterocycles. The van der Waals surface area contributed by atoms with Crippen molar-refractivity contribution in [1.29, 1.82) is 0 Å². The number of ether oxygens (including phenoxy) is 1. The predicted molar refractivity (Wildman–Crippen MR) is 62.7 cm³/mol. The number of hydrogen-bond donors (Lipinski definition) is 2. The molecular formula is C12H18N2O2. The van der Waals surface area contributed by atoms with Crippen molar-refractivity contribution in [2.45, 2.75) is 37.8 Å². The molecule has 0 spiro atoms. The summed E-state index contributed by atoms with van der Waals surface area (Å²) in [5.41, 5.74) is 0. The van der Waals surface area contributed by atoms with Crippen LogP contribution in [-0.2, 0) is 0 Å². The Morgan fingerprint density at radius 2 is 2.25 bits per heavy atom. The lowest BCUT2D eigenvalue weighted by Crippen LogP contribution is -2.36. The monoisotopic (exact) mass is 222 g/mol. The van der Waals surface area contributed by atoms with Gasteiger partial charge in [-0.15, -0.1) is 0 Å². The van der Waals surface area contributed by atoms with Gasteiger partial charge in [0.25, 0.3) is 0 Å². The van der Waals surface area contributed by atoms with Crippen molar-refractivity contribution in [1.82, 2.24) is 4.98 Å². The summed E-state index contributed by atoms with van der Waals surface area (Å²) in [7, 11) is 1.62. The molecule has 1 aromatic heterocycles. The second-order valence-corrected chi connectivity index (χ2v) is 4.16. The standard InChI is InChI=1S/C12H18N2O2/c1-16-11-7-4-8-13-12(11)14-9-5-2-3-6-10(9)15/h4,7-10,15H,2-3,5-6H2,1H3,(H,13,14). The molecule has 1 fully saturated rings. The van der Waals surface area contributed by atoms with E-state index in [4.69, 9.17) is 4.74 Å². The van der Waals surface area contributed by atoms with Gasteiger partial charge in [-0.1, -0.05) is 12.8 Å². The molecule has 1 aliphatic rings. The molecule has 0 radical (unpaired) electrons. The first-order valence-electron chi connectivity index (χ1n) is 5.75. The number of hydrogen-bond acceptors (Lipinski definition) is 4. The van der Waals surface area contributed by atoms with Gasteiger partial charge in [0, 0.05) is 6.20 Å². The smallest absolute Gasteiger partial charge is 0.169 e. The van der Waals surface area contributed by atoms with Gasteiger partial charge in [-0.3, -0.25) is 0 Å². The molecule has 0 aromatic carbocycles. The van der Waals surface area contributed by atoms with E-state index in [9.17, 15) is 5.11 Å². The average molecular weight is 222 g/mol. The lowest BCUT2D eigenvalue weighted by molar-refractivity contribution is 0.116. The highest BCUT2D eigenvalue weighted by Gasteiger charge is 2.23. The van der Waals surface area contributed by atoms with Crippen molar-refractivity contribution >= 4 is 5.82 Å². The zero-order valence-corrected chi connectivity index (χ0v) is 9.52. The minimum absolute atomic E-state index is 0.0950. The topological polar surface area (TPSA) is 54.4 Å². The van der Waals surface area contributed by atoms with E-state index < -0.39 is 0 Å². The van der Waals surface area contributed by atoms with E-state index >= 15 is 0 Å². The number of nitrogens with zero attached hydrogens (tertiary/aromatic N) is 1. The number of rotatable bonds is 3. The van der Waals surface area contributed by atoms with Crippen LogP contribution in [0.1, 0.15) is 25.7 Å². The van der Waals surface area contributed by atoms with Crippen molar-refractivity contribution in [2.24, 2.45) is 0 Å². The molecule has 0 aliphatic heterocycles. The van der Waals surface area contributed by atoms with Crippen LogP contribution >= 0.6 is 0 Å². The molecule has 88 valence electrons. The van der Waals surface area contributed by atoms with Gasteiger partial charge in [-0.05, 0) is 25.0 Å². The Kier molecular flexibility index (Phi) is 3.62. The van der Waals surface area contributed by atoms with Crippen LogP contribution < -0.4 is 10.1 Å². The van der Waals surface area contributed by atoms with Crippen molar-refractivity contribution in [3.05, 3.63) is 18.3 Å². The van der Waals surface area contributed by atoms with E-state index in [-0.39, 0.29) is 12.1 Å². The number of aromatic nitrogens is 1. The van der Waals surface area contributed by atoms with Crippen LogP contribution in [0.2, 0.25) is 0 Å². The fourth-order valence-electron chi connectivity index (χ4n) is 2.12. The van der Waals surface area contributed by atoms with Gasteiger partial charge in [0.05, 0.1) is 19.3 Å². The van der Waals surface area contributed by atoms with Crippen LogP contribution in [0, 0.1) is 0 Å². The molecule has 0 bridgehead atoms. The third kappa shape index (κ3) is 2.44. The second-order valence-electron chi connectivity index (χ2n) is 4.16. The third-order valence-corrected chi connectivity index (χ3v) is 3.04. The van der Waals surface area contributed by atoms with Crippen molar-refractivity contribution in [3.8, 4) is 5.75 Å². The summed E-state index contributed by atoms with van der Waals surface area (Å²) in [5, 5.41) is 13.1. The molecule has 0 amide bonds. The van der Waals surface area contributed by atoms with E-state index in [1.165, 1.54) is 0 Å². The highest BCUT2D eigenvalue weighted by molar-refractivity contribution is 5.50. The maximum Gasteiger partial charge on any atom is 0.169 e.